The molecule has 3 atom stereocenters. The van der Waals surface area contributed by atoms with Gasteiger partial charge in [-0.2, -0.15) is 0 Å². The van der Waals surface area contributed by atoms with Gasteiger partial charge in [-0.05, 0) is 52.9 Å². The first-order valence-electron chi connectivity index (χ1n) is 8.93. The number of nitrogens with one attached hydrogen (secondary N) is 2. The van der Waals surface area contributed by atoms with Crippen LogP contribution >= 0.6 is 0 Å². The fraction of sp³-hybridized carbons (Fsp3) is 0.944. The molecule has 1 amide bonds. The predicted molar refractivity (Wildman–Crippen MR) is 92.1 cm³/mol. The number of carbonyl (C=O) groups excluding carboxylic acids is 1. The average molecular weight is 312 g/mol. The van der Waals surface area contributed by atoms with E-state index in [4.69, 9.17) is 4.74 Å². The van der Waals surface area contributed by atoms with Gasteiger partial charge in [0, 0.05) is 18.1 Å². The quantitative estimate of drug-likeness (QED) is 0.747. The summed E-state index contributed by atoms with van der Waals surface area (Å²) in [6, 6.07) is 1.00. The van der Waals surface area contributed by atoms with Crippen LogP contribution in [0.2, 0.25) is 0 Å². The van der Waals surface area contributed by atoms with E-state index in [-0.39, 0.29) is 12.1 Å². The lowest BCUT2D eigenvalue weighted by molar-refractivity contribution is 0.0487. The third-order valence-electron chi connectivity index (χ3n) is 4.04. The molecule has 0 bridgehead atoms. The molecule has 1 aliphatic carbocycles. The largest absolute Gasteiger partial charge is 0.444 e. The Morgan fingerprint density at radius 1 is 1.09 bits per heavy atom. The first-order valence-corrected chi connectivity index (χ1v) is 8.93. The van der Waals surface area contributed by atoms with Crippen molar-refractivity contribution in [2.75, 3.05) is 0 Å². The van der Waals surface area contributed by atoms with Crippen molar-refractivity contribution >= 4 is 6.09 Å². The minimum atomic E-state index is -0.442. The van der Waals surface area contributed by atoms with E-state index in [1.807, 2.05) is 20.8 Å². The number of rotatable bonds is 5. The van der Waals surface area contributed by atoms with Crippen molar-refractivity contribution in [3.05, 3.63) is 0 Å². The molecule has 2 N–H and O–H groups in total. The van der Waals surface area contributed by atoms with E-state index in [0.717, 1.165) is 19.3 Å². The van der Waals surface area contributed by atoms with Gasteiger partial charge in [0.2, 0.25) is 0 Å². The Morgan fingerprint density at radius 3 is 2.23 bits per heavy atom. The highest BCUT2D eigenvalue weighted by Crippen LogP contribution is 2.20. The van der Waals surface area contributed by atoms with Crippen LogP contribution in [0.1, 0.15) is 80.1 Å². The van der Waals surface area contributed by atoms with E-state index < -0.39 is 5.60 Å². The molecular weight excluding hydrogens is 276 g/mol. The van der Waals surface area contributed by atoms with Crippen LogP contribution in [-0.2, 0) is 4.74 Å². The van der Waals surface area contributed by atoms with Crippen LogP contribution in [0.15, 0.2) is 0 Å². The van der Waals surface area contributed by atoms with Gasteiger partial charge in [0.1, 0.15) is 5.60 Å². The normalized spacial score (nSPS) is 24.7. The fourth-order valence-electron chi connectivity index (χ4n) is 3.28. The first-order chi connectivity index (χ1) is 10.2. The molecular formula is C18H36N2O2. The second kappa shape index (κ2) is 8.76. The Morgan fingerprint density at radius 2 is 1.68 bits per heavy atom. The molecule has 1 fully saturated rings. The van der Waals surface area contributed by atoms with E-state index in [1.54, 1.807) is 0 Å². The van der Waals surface area contributed by atoms with Gasteiger partial charge in [-0.1, -0.05) is 33.1 Å². The molecule has 0 aromatic rings. The lowest BCUT2D eigenvalue weighted by Crippen LogP contribution is -2.52. The van der Waals surface area contributed by atoms with Crippen molar-refractivity contribution in [1.29, 1.82) is 0 Å². The molecule has 0 heterocycles. The van der Waals surface area contributed by atoms with Gasteiger partial charge in [-0.25, -0.2) is 4.79 Å². The first kappa shape index (κ1) is 19.3. The molecule has 130 valence electrons. The average Bonchev–Trinajstić information content (AvgIpc) is 2.51. The number of alkyl carbamates (subject to hydrolysis) is 1. The van der Waals surface area contributed by atoms with E-state index >= 15 is 0 Å². The van der Waals surface area contributed by atoms with E-state index in [1.165, 1.54) is 19.3 Å². The molecule has 0 radical (unpaired) electrons. The Bertz CT molecular complexity index is 336. The molecule has 0 aromatic heterocycles. The molecule has 0 spiro atoms. The summed E-state index contributed by atoms with van der Waals surface area (Å²) in [5, 5.41) is 6.84. The maximum atomic E-state index is 12.1. The lowest BCUT2D eigenvalue weighted by atomic mass is 9.99. The van der Waals surface area contributed by atoms with Gasteiger partial charge in [0.05, 0.1) is 0 Å². The van der Waals surface area contributed by atoms with Crippen molar-refractivity contribution in [3.8, 4) is 0 Å². The summed E-state index contributed by atoms with van der Waals surface area (Å²) in [7, 11) is 0. The summed E-state index contributed by atoms with van der Waals surface area (Å²) in [6.45, 7) is 12.5. The van der Waals surface area contributed by atoms with Gasteiger partial charge < -0.3 is 15.4 Å². The SMILES string of the molecule is CC(C)CC(C)NC1CCCCCC1NC(=O)OC(C)(C)C. The fourth-order valence-corrected chi connectivity index (χ4v) is 3.28. The van der Waals surface area contributed by atoms with Crippen molar-refractivity contribution in [2.45, 2.75) is 104 Å². The van der Waals surface area contributed by atoms with Gasteiger partial charge in [0.25, 0.3) is 0 Å². The van der Waals surface area contributed by atoms with E-state index in [0.29, 0.717) is 18.0 Å². The maximum Gasteiger partial charge on any atom is 0.407 e. The summed E-state index contributed by atoms with van der Waals surface area (Å²) < 4.78 is 5.42. The second-order valence-electron chi connectivity index (χ2n) is 8.19. The molecule has 22 heavy (non-hydrogen) atoms. The zero-order valence-electron chi connectivity index (χ0n) is 15.4. The third-order valence-corrected chi connectivity index (χ3v) is 4.04. The second-order valence-corrected chi connectivity index (χ2v) is 8.19. The predicted octanol–water partition coefficient (Wildman–Crippen LogP) is 4.24. The van der Waals surface area contributed by atoms with Gasteiger partial charge in [0.15, 0.2) is 0 Å². The molecule has 4 nitrogen and oxygen atoms in total. The Labute approximate surface area is 136 Å². The van der Waals surface area contributed by atoms with E-state index in [9.17, 15) is 4.79 Å². The molecule has 1 rings (SSSR count). The Balaban J connectivity index is 2.60. The highest BCUT2D eigenvalue weighted by molar-refractivity contribution is 5.68. The highest BCUT2D eigenvalue weighted by Gasteiger charge is 2.28. The molecule has 4 heteroatoms. The van der Waals surface area contributed by atoms with Crippen LogP contribution in [0.4, 0.5) is 4.79 Å². The van der Waals surface area contributed by atoms with E-state index in [2.05, 4.69) is 31.4 Å². The molecule has 1 saturated carbocycles. The highest BCUT2D eigenvalue weighted by atomic mass is 16.6. The minimum absolute atomic E-state index is 0.173. The van der Waals surface area contributed by atoms with Crippen molar-refractivity contribution in [3.63, 3.8) is 0 Å². The van der Waals surface area contributed by atoms with Crippen LogP contribution in [-0.4, -0.2) is 29.8 Å². The third kappa shape index (κ3) is 8.02. The topological polar surface area (TPSA) is 50.4 Å². The Kier molecular flexibility index (Phi) is 7.67. The maximum absolute atomic E-state index is 12.1. The smallest absolute Gasteiger partial charge is 0.407 e. The summed E-state index contributed by atoms with van der Waals surface area (Å²) >= 11 is 0. The van der Waals surface area contributed by atoms with Crippen molar-refractivity contribution in [1.82, 2.24) is 10.6 Å². The van der Waals surface area contributed by atoms with Gasteiger partial charge >= 0.3 is 6.09 Å². The number of carbonyl (C=O) groups is 1. The van der Waals surface area contributed by atoms with Crippen LogP contribution < -0.4 is 10.6 Å². The summed E-state index contributed by atoms with van der Waals surface area (Å²) in [6.07, 6.45) is 6.70. The molecule has 1 aliphatic rings. The standard InChI is InChI=1S/C18H36N2O2/c1-13(2)12-14(3)19-15-10-8-7-9-11-16(15)20-17(21)22-18(4,5)6/h13-16,19H,7-12H2,1-6H3,(H,20,21). The molecule has 0 aliphatic heterocycles. The summed E-state index contributed by atoms with van der Waals surface area (Å²) in [5.74, 6) is 0.686. The van der Waals surface area contributed by atoms with Crippen molar-refractivity contribution < 1.29 is 9.53 Å². The van der Waals surface area contributed by atoms with Crippen molar-refractivity contribution in [2.24, 2.45) is 5.92 Å². The zero-order valence-corrected chi connectivity index (χ0v) is 15.4. The molecule has 0 saturated heterocycles. The van der Waals surface area contributed by atoms with Crippen LogP contribution in [0, 0.1) is 5.92 Å². The minimum Gasteiger partial charge on any atom is -0.444 e. The number of ether oxygens (including phenoxy) is 1. The van der Waals surface area contributed by atoms with Crippen LogP contribution in [0.3, 0.4) is 0 Å². The van der Waals surface area contributed by atoms with Crippen LogP contribution in [0.25, 0.3) is 0 Å². The molecule has 3 unspecified atom stereocenters. The number of hydrogen-bond donors (Lipinski definition) is 2. The van der Waals surface area contributed by atoms with Crippen LogP contribution in [0.5, 0.6) is 0 Å². The zero-order chi connectivity index (χ0) is 16.8. The number of amides is 1. The summed E-state index contributed by atoms with van der Waals surface area (Å²) in [5.41, 5.74) is -0.442. The Hall–Kier alpha value is -0.770. The lowest BCUT2D eigenvalue weighted by Gasteiger charge is -2.31. The monoisotopic (exact) mass is 312 g/mol. The van der Waals surface area contributed by atoms with Gasteiger partial charge in [-0.15, -0.1) is 0 Å². The number of hydrogen-bond acceptors (Lipinski definition) is 3. The molecule has 0 aromatic carbocycles. The summed E-state index contributed by atoms with van der Waals surface area (Å²) in [4.78, 5) is 12.1. The van der Waals surface area contributed by atoms with Gasteiger partial charge in [-0.3, -0.25) is 0 Å².